The topological polar surface area (TPSA) is 80.8 Å². The predicted molar refractivity (Wildman–Crippen MR) is 101 cm³/mol. The number of nitrogens with zero attached hydrogens (tertiary/aromatic N) is 2. The number of rotatable bonds is 6. The minimum absolute atomic E-state index is 0.0565. The van der Waals surface area contributed by atoms with Gasteiger partial charge < -0.3 is 19.7 Å². The van der Waals surface area contributed by atoms with Gasteiger partial charge in [0, 0.05) is 25.9 Å². The second kappa shape index (κ2) is 9.28. The van der Waals surface area contributed by atoms with Gasteiger partial charge in [-0.25, -0.2) is 4.98 Å². The van der Waals surface area contributed by atoms with Gasteiger partial charge in [0.1, 0.15) is 11.9 Å². The second-order valence-electron chi connectivity index (χ2n) is 7.44. The average molecular weight is 375 g/mol. The molecule has 1 aromatic rings. The van der Waals surface area contributed by atoms with Gasteiger partial charge in [-0.2, -0.15) is 0 Å². The van der Waals surface area contributed by atoms with E-state index in [4.69, 9.17) is 9.47 Å². The number of aromatic nitrogens is 1. The van der Waals surface area contributed by atoms with Crippen molar-refractivity contribution in [2.75, 3.05) is 31.6 Å². The van der Waals surface area contributed by atoms with Crippen LogP contribution < -0.4 is 5.32 Å². The highest BCUT2D eigenvalue weighted by atomic mass is 16.5. The Balaban J connectivity index is 1.49. The van der Waals surface area contributed by atoms with Crippen LogP contribution in [0.5, 0.6) is 0 Å². The normalized spacial score (nSPS) is 23.9. The van der Waals surface area contributed by atoms with Crippen molar-refractivity contribution in [1.29, 1.82) is 0 Å². The van der Waals surface area contributed by atoms with Gasteiger partial charge in [0.25, 0.3) is 5.91 Å². The van der Waals surface area contributed by atoms with E-state index in [9.17, 15) is 9.59 Å². The van der Waals surface area contributed by atoms with E-state index < -0.39 is 6.10 Å². The molecule has 7 nitrogen and oxygen atoms in total. The number of carbonyl (C=O) groups is 2. The molecule has 148 valence electrons. The van der Waals surface area contributed by atoms with Crippen molar-refractivity contribution in [2.45, 2.75) is 51.7 Å². The van der Waals surface area contributed by atoms with Gasteiger partial charge in [-0.1, -0.05) is 6.07 Å². The molecule has 0 saturated carbocycles. The highest BCUT2D eigenvalue weighted by Gasteiger charge is 2.31. The molecule has 3 atom stereocenters. The Morgan fingerprint density at radius 3 is 2.93 bits per heavy atom. The summed E-state index contributed by atoms with van der Waals surface area (Å²) in [7, 11) is 0. The summed E-state index contributed by atoms with van der Waals surface area (Å²) in [6.45, 7) is 6.03. The summed E-state index contributed by atoms with van der Waals surface area (Å²) in [5.74, 6) is 0.175. The van der Waals surface area contributed by atoms with Gasteiger partial charge >= 0.3 is 0 Å². The van der Waals surface area contributed by atoms with E-state index in [1.54, 1.807) is 24.1 Å². The first-order valence-electron chi connectivity index (χ1n) is 9.78. The van der Waals surface area contributed by atoms with Crippen LogP contribution in [0.3, 0.4) is 0 Å². The molecular formula is C20H29N3O4. The third-order valence-corrected chi connectivity index (χ3v) is 5.17. The zero-order valence-corrected chi connectivity index (χ0v) is 16.1. The van der Waals surface area contributed by atoms with Gasteiger partial charge in [0.15, 0.2) is 0 Å². The Hall–Kier alpha value is -1.99. The van der Waals surface area contributed by atoms with Crippen molar-refractivity contribution < 1.29 is 19.1 Å². The monoisotopic (exact) mass is 375 g/mol. The zero-order valence-electron chi connectivity index (χ0n) is 16.1. The number of hydrogen-bond donors (Lipinski definition) is 1. The minimum atomic E-state index is -0.519. The van der Waals surface area contributed by atoms with Crippen LogP contribution in [-0.4, -0.2) is 60.2 Å². The summed E-state index contributed by atoms with van der Waals surface area (Å²) in [5, 5.41) is 2.85. The molecule has 0 spiro atoms. The van der Waals surface area contributed by atoms with E-state index in [0.29, 0.717) is 25.5 Å². The highest BCUT2D eigenvalue weighted by molar-refractivity contribution is 5.92. The third kappa shape index (κ3) is 5.49. The third-order valence-electron chi connectivity index (χ3n) is 5.17. The van der Waals surface area contributed by atoms with Crippen LogP contribution in [0, 0.1) is 12.8 Å². The lowest BCUT2D eigenvalue weighted by Gasteiger charge is -2.33. The van der Waals surface area contributed by atoms with E-state index in [1.165, 1.54) is 0 Å². The Bertz CT molecular complexity index is 643. The van der Waals surface area contributed by atoms with Crippen LogP contribution >= 0.6 is 0 Å². The van der Waals surface area contributed by atoms with Gasteiger partial charge in [0.05, 0.1) is 18.6 Å². The molecule has 27 heavy (non-hydrogen) atoms. The predicted octanol–water partition coefficient (Wildman–Crippen LogP) is 2.15. The molecule has 0 bridgehead atoms. The number of amides is 2. The quantitative estimate of drug-likeness (QED) is 0.824. The number of carbonyl (C=O) groups excluding carboxylic acids is 2. The molecule has 3 rings (SSSR count). The fourth-order valence-corrected chi connectivity index (χ4v) is 3.52. The van der Waals surface area contributed by atoms with Crippen molar-refractivity contribution in [3.63, 3.8) is 0 Å². The molecule has 1 N–H and O–H groups in total. The first-order chi connectivity index (χ1) is 13.0. The zero-order chi connectivity index (χ0) is 19.2. The number of likely N-dealkylation sites (tertiary alicyclic amines) is 1. The average Bonchev–Trinajstić information content (AvgIpc) is 3.21. The number of hydrogen-bond acceptors (Lipinski definition) is 5. The summed E-state index contributed by atoms with van der Waals surface area (Å²) < 4.78 is 11.2. The fourth-order valence-electron chi connectivity index (χ4n) is 3.52. The number of pyridine rings is 1. The van der Waals surface area contributed by atoms with E-state index in [1.807, 2.05) is 13.0 Å². The molecule has 1 aromatic heterocycles. The van der Waals surface area contributed by atoms with Gasteiger partial charge in [-0.15, -0.1) is 0 Å². The summed E-state index contributed by atoms with van der Waals surface area (Å²) in [6, 6.07) is 3.70. The van der Waals surface area contributed by atoms with Crippen LogP contribution in [0.1, 0.15) is 38.2 Å². The van der Waals surface area contributed by atoms with Crippen molar-refractivity contribution in [1.82, 2.24) is 9.88 Å². The lowest BCUT2D eigenvalue weighted by atomic mass is 9.96. The minimum Gasteiger partial charge on any atom is -0.376 e. The van der Waals surface area contributed by atoms with Crippen molar-refractivity contribution in [3.05, 3.63) is 23.9 Å². The molecule has 2 aliphatic heterocycles. The van der Waals surface area contributed by atoms with E-state index >= 15 is 0 Å². The standard InChI is InChI=1S/C20H29N3O4/c1-14-7-8-18(21-11-14)22-19(24)16-5-3-9-23(12-16)20(25)15(2)27-13-17-6-4-10-26-17/h7-8,11,15-17H,3-6,9-10,12-13H2,1-2H3,(H,21,22,24). The van der Waals surface area contributed by atoms with Gasteiger partial charge in [-0.3, -0.25) is 9.59 Å². The molecule has 2 aliphatic rings. The maximum atomic E-state index is 12.7. The molecule has 3 unspecified atom stereocenters. The van der Waals surface area contributed by atoms with Crippen molar-refractivity contribution >= 4 is 17.6 Å². The summed E-state index contributed by atoms with van der Waals surface area (Å²) in [6.07, 6.45) is 4.92. The Morgan fingerprint density at radius 1 is 1.37 bits per heavy atom. The molecule has 2 amide bonds. The number of ether oxygens (including phenoxy) is 2. The molecule has 0 aromatic carbocycles. The van der Waals surface area contributed by atoms with Crippen LogP contribution in [0.2, 0.25) is 0 Å². The molecule has 0 aliphatic carbocycles. The molecular weight excluding hydrogens is 346 g/mol. The lowest BCUT2D eigenvalue weighted by Crippen LogP contribution is -2.47. The number of anilines is 1. The first-order valence-corrected chi connectivity index (χ1v) is 9.78. The highest BCUT2D eigenvalue weighted by Crippen LogP contribution is 2.20. The Morgan fingerprint density at radius 2 is 2.22 bits per heavy atom. The van der Waals surface area contributed by atoms with E-state index in [-0.39, 0.29) is 23.8 Å². The number of aryl methyl sites for hydroxylation is 1. The van der Waals surface area contributed by atoms with Crippen LogP contribution in [-0.2, 0) is 19.1 Å². The second-order valence-corrected chi connectivity index (χ2v) is 7.44. The Labute approximate surface area is 160 Å². The van der Waals surface area contributed by atoms with Crippen molar-refractivity contribution in [3.8, 4) is 0 Å². The van der Waals surface area contributed by atoms with Crippen LogP contribution in [0.4, 0.5) is 5.82 Å². The fraction of sp³-hybridized carbons (Fsp3) is 0.650. The summed E-state index contributed by atoms with van der Waals surface area (Å²) >= 11 is 0. The van der Waals surface area contributed by atoms with Crippen LogP contribution in [0.15, 0.2) is 18.3 Å². The molecule has 2 saturated heterocycles. The van der Waals surface area contributed by atoms with E-state index in [0.717, 1.165) is 37.9 Å². The van der Waals surface area contributed by atoms with Gasteiger partial charge in [-0.05, 0) is 51.2 Å². The smallest absolute Gasteiger partial charge is 0.251 e. The lowest BCUT2D eigenvalue weighted by molar-refractivity contribution is -0.147. The maximum Gasteiger partial charge on any atom is 0.251 e. The summed E-state index contributed by atoms with van der Waals surface area (Å²) in [4.78, 5) is 31.2. The first kappa shape index (κ1) is 19.8. The molecule has 3 heterocycles. The summed E-state index contributed by atoms with van der Waals surface area (Å²) in [5.41, 5.74) is 1.04. The molecule has 0 radical (unpaired) electrons. The van der Waals surface area contributed by atoms with Gasteiger partial charge in [0.2, 0.25) is 5.91 Å². The maximum absolute atomic E-state index is 12.7. The largest absolute Gasteiger partial charge is 0.376 e. The Kier molecular flexibility index (Phi) is 6.79. The van der Waals surface area contributed by atoms with Crippen molar-refractivity contribution in [2.24, 2.45) is 5.92 Å². The molecule has 2 fully saturated rings. The SMILES string of the molecule is Cc1ccc(NC(=O)C2CCCN(C(=O)C(C)OCC3CCCO3)C2)nc1. The number of nitrogens with one attached hydrogen (secondary N) is 1. The van der Waals surface area contributed by atoms with Crippen LogP contribution in [0.25, 0.3) is 0 Å². The molecule has 7 heteroatoms. The van der Waals surface area contributed by atoms with E-state index in [2.05, 4.69) is 10.3 Å². The number of piperidine rings is 1.